The van der Waals surface area contributed by atoms with E-state index < -0.39 is 0 Å². The van der Waals surface area contributed by atoms with Crippen molar-refractivity contribution in [1.29, 1.82) is 0 Å². The molecule has 1 saturated heterocycles. The predicted octanol–water partition coefficient (Wildman–Crippen LogP) is 1.94. The normalized spacial score (nSPS) is 35.5. The molecule has 3 aliphatic rings. The van der Waals surface area contributed by atoms with Gasteiger partial charge in [0.25, 0.3) is 0 Å². The molecule has 1 saturated carbocycles. The maximum absolute atomic E-state index is 4.91. The lowest BCUT2D eigenvalue weighted by Gasteiger charge is -2.32. The molecule has 0 aromatic carbocycles. The monoisotopic (exact) mass is 253 g/mol. The quantitative estimate of drug-likeness (QED) is 0.774. The van der Waals surface area contributed by atoms with Crippen LogP contribution >= 0.6 is 11.8 Å². The zero-order chi connectivity index (χ0) is 11.7. The summed E-state index contributed by atoms with van der Waals surface area (Å²) < 4.78 is 0. The van der Waals surface area contributed by atoms with Crippen LogP contribution in [0.25, 0.3) is 0 Å². The fourth-order valence-electron chi connectivity index (χ4n) is 3.16. The molecule has 2 heterocycles. The lowest BCUT2D eigenvalue weighted by atomic mass is 10.1. The topological polar surface area (TPSA) is 27.6 Å². The molecule has 0 spiro atoms. The van der Waals surface area contributed by atoms with Crippen LogP contribution in [0, 0.1) is 5.92 Å². The Hall–Kier alpha value is -0.220. The molecule has 2 unspecified atom stereocenters. The van der Waals surface area contributed by atoms with E-state index in [1.807, 2.05) is 11.8 Å². The molecule has 0 aromatic rings. The van der Waals surface area contributed by atoms with E-state index in [4.69, 9.17) is 4.99 Å². The van der Waals surface area contributed by atoms with Crippen LogP contribution in [0.3, 0.4) is 0 Å². The number of hydrogen-bond acceptors (Lipinski definition) is 4. The molecule has 17 heavy (non-hydrogen) atoms. The van der Waals surface area contributed by atoms with Crippen molar-refractivity contribution in [2.24, 2.45) is 10.9 Å². The highest BCUT2D eigenvalue weighted by atomic mass is 32.2. The molecule has 3 rings (SSSR count). The van der Waals surface area contributed by atoms with Gasteiger partial charge in [-0.2, -0.15) is 0 Å². The van der Waals surface area contributed by atoms with E-state index in [-0.39, 0.29) is 0 Å². The average molecular weight is 253 g/mol. The van der Waals surface area contributed by atoms with Crippen molar-refractivity contribution in [1.82, 2.24) is 10.2 Å². The Morgan fingerprint density at radius 3 is 2.88 bits per heavy atom. The van der Waals surface area contributed by atoms with Crippen molar-refractivity contribution >= 4 is 16.9 Å². The third-order valence-electron chi connectivity index (χ3n) is 4.38. The van der Waals surface area contributed by atoms with E-state index in [1.165, 1.54) is 56.1 Å². The first-order chi connectivity index (χ1) is 8.31. The minimum atomic E-state index is 0.644. The van der Waals surface area contributed by atoms with Crippen molar-refractivity contribution < 1.29 is 0 Å². The van der Waals surface area contributed by atoms with Gasteiger partial charge in [0.1, 0.15) is 0 Å². The van der Waals surface area contributed by atoms with E-state index in [1.54, 1.807) is 0 Å². The molecule has 1 N–H and O–H groups in total. The number of thioether (sulfide) groups is 1. The molecular formula is C13H23N3S. The summed E-state index contributed by atoms with van der Waals surface area (Å²) in [7, 11) is 2.21. The van der Waals surface area contributed by atoms with Gasteiger partial charge in [0, 0.05) is 11.8 Å². The van der Waals surface area contributed by atoms with Gasteiger partial charge in [-0.05, 0) is 51.7 Å². The summed E-state index contributed by atoms with van der Waals surface area (Å²) in [5, 5.41) is 4.92. The SMILES string of the molecule is CN1CCC(NC2=NC3CCCC3CS2)CC1. The number of rotatable bonds is 1. The average Bonchev–Trinajstić information content (AvgIpc) is 2.79. The summed E-state index contributed by atoms with van der Waals surface area (Å²) >= 11 is 1.96. The first-order valence-electron chi connectivity index (χ1n) is 6.97. The molecule has 0 bridgehead atoms. The second-order valence-electron chi connectivity index (χ2n) is 5.73. The summed E-state index contributed by atoms with van der Waals surface area (Å²) in [6.07, 6.45) is 6.65. The molecule has 1 aliphatic carbocycles. The second kappa shape index (κ2) is 5.19. The van der Waals surface area contributed by atoms with Crippen LogP contribution < -0.4 is 5.32 Å². The molecule has 0 radical (unpaired) electrons. The Kier molecular flexibility index (Phi) is 3.61. The van der Waals surface area contributed by atoms with E-state index in [9.17, 15) is 0 Å². The molecular weight excluding hydrogens is 230 g/mol. The summed E-state index contributed by atoms with van der Waals surface area (Å²) in [6, 6.07) is 1.31. The van der Waals surface area contributed by atoms with Crippen molar-refractivity contribution in [3.63, 3.8) is 0 Å². The van der Waals surface area contributed by atoms with E-state index in [0.717, 1.165) is 5.92 Å². The fourth-order valence-corrected chi connectivity index (χ4v) is 4.38. The highest BCUT2D eigenvalue weighted by Crippen LogP contribution is 2.35. The summed E-state index contributed by atoms with van der Waals surface area (Å²) in [4.78, 5) is 7.33. The van der Waals surface area contributed by atoms with E-state index in [2.05, 4.69) is 17.3 Å². The fraction of sp³-hybridized carbons (Fsp3) is 0.923. The summed E-state index contributed by atoms with van der Waals surface area (Å²) in [6.45, 7) is 2.45. The Morgan fingerprint density at radius 1 is 1.24 bits per heavy atom. The van der Waals surface area contributed by atoms with Gasteiger partial charge in [-0.3, -0.25) is 4.99 Å². The number of piperidine rings is 1. The Labute approximate surface area is 108 Å². The Bertz CT molecular complexity index is 297. The van der Waals surface area contributed by atoms with Crippen LogP contribution in [-0.4, -0.2) is 48.0 Å². The van der Waals surface area contributed by atoms with Gasteiger partial charge in [0.2, 0.25) is 0 Å². The predicted molar refractivity (Wildman–Crippen MR) is 74.7 cm³/mol. The van der Waals surface area contributed by atoms with Gasteiger partial charge in [0.15, 0.2) is 5.17 Å². The molecule has 2 fully saturated rings. The number of nitrogens with zero attached hydrogens (tertiary/aromatic N) is 2. The van der Waals surface area contributed by atoms with Gasteiger partial charge >= 0.3 is 0 Å². The van der Waals surface area contributed by atoms with Crippen LogP contribution in [0.4, 0.5) is 0 Å². The van der Waals surface area contributed by atoms with Crippen LogP contribution in [-0.2, 0) is 0 Å². The molecule has 96 valence electrons. The molecule has 2 atom stereocenters. The number of fused-ring (bicyclic) bond motifs is 1. The van der Waals surface area contributed by atoms with Crippen molar-refractivity contribution in [3.05, 3.63) is 0 Å². The lowest BCUT2D eigenvalue weighted by Crippen LogP contribution is -2.44. The van der Waals surface area contributed by atoms with E-state index in [0.29, 0.717) is 12.1 Å². The maximum Gasteiger partial charge on any atom is 0.157 e. The molecule has 2 aliphatic heterocycles. The second-order valence-corrected chi connectivity index (χ2v) is 6.73. The van der Waals surface area contributed by atoms with Crippen LogP contribution in [0.2, 0.25) is 0 Å². The first kappa shape index (κ1) is 11.8. The van der Waals surface area contributed by atoms with Gasteiger partial charge in [-0.25, -0.2) is 0 Å². The van der Waals surface area contributed by atoms with Crippen LogP contribution in [0.1, 0.15) is 32.1 Å². The highest BCUT2D eigenvalue weighted by molar-refractivity contribution is 8.13. The number of amidine groups is 1. The number of likely N-dealkylation sites (tertiary alicyclic amines) is 1. The highest BCUT2D eigenvalue weighted by Gasteiger charge is 2.31. The smallest absolute Gasteiger partial charge is 0.157 e. The molecule has 0 amide bonds. The summed E-state index contributed by atoms with van der Waals surface area (Å²) in [5.41, 5.74) is 0. The number of hydrogen-bond donors (Lipinski definition) is 1. The van der Waals surface area contributed by atoms with Gasteiger partial charge in [0.05, 0.1) is 6.04 Å². The largest absolute Gasteiger partial charge is 0.362 e. The zero-order valence-electron chi connectivity index (χ0n) is 10.7. The zero-order valence-corrected chi connectivity index (χ0v) is 11.5. The van der Waals surface area contributed by atoms with Crippen molar-refractivity contribution in [2.75, 3.05) is 25.9 Å². The number of nitrogens with one attached hydrogen (secondary N) is 1. The summed E-state index contributed by atoms with van der Waals surface area (Å²) in [5.74, 6) is 2.17. The minimum Gasteiger partial charge on any atom is -0.362 e. The maximum atomic E-state index is 4.91. The van der Waals surface area contributed by atoms with Crippen LogP contribution in [0.15, 0.2) is 4.99 Å². The molecule has 3 nitrogen and oxygen atoms in total. The third kappa shape index (κ3) is 2.79. The van der Waals surface area contributed by atoms with Crippen molar-refractivity contribution in [2.45, 2.75) is 44.2 Å². The van der Waals surface area contributed by atoms with Crippen molar-refractivity contribution in [3.8, 4) is 0 Å². The van der Waals surface area contributed by atoms with Gasteiger partial charge < -0.3 is 10.2 Å². The Morgan fingerprint density at radius 2 is 2.06 bits per heavy atom. The lowest BCUT2D eigenvalue weighted by molar-refractivity contribution is 0.247. The standard InChI is InChI=1S/C13H23N3S/c1-16-7-5-11(6-8-16)14-13-15-12-4-2-3-10(12)9-17-13/h10-12H,2-9H2,1H3,(H,14,15). The van der Waals surface area contributed by atoms with Crippen LogP contribution in [0.5, 0.6) is 0 Å². The van der Waals surface area contributed by atoms with E-state index >= 15 is 0 Å². The van der Waals surface area contributed by atoms with Gasteiger partial charge in [-0.1, -0.05) is 18.2 Å². The molecule has 0 aromatic heterocycles. The third-order valence-corrected chi connectivity index (χ3v) is 5.47. The molecule has 4 heteroatoms. The Balaban J connectivity index is 1.55. The number of aliphatic imine (C=N–C) groups is 1. The minimum absolute atomic E-state index is 0.644. The van der Waals surface area contributed by atoms with Gasteiger partial charge in [-0.15, -0.1) is 0 Å². The first-order valence-corrected chi connectivity index (χ1v) is 7.95.